The van der Waals surface area contributed by atoms with E-state index in [4.69, 9.17) is 19.3 Å². The SMILES string of the molecule is CCOc1ccc(C(=O)COC(=O)c2cc(S(N)(=O)=O)ccc2OC)cc1. The van der Waals surface area contributed by atoms with Crippen molar-refractivity contribution in [2.75, 3.05) is 20.3 Å². The third-order valence-electron chi connectivity index (χ3n) is 3.54. The number of carbonyl (C=O) groups is 2. The van der Waals surface area contributed by atoms with Crippen LogP contribution in [0.2, 0.25) is 0 Å². The summed E-state index contributed by atoms with van der Waals surface area (Å²) >= 11 is 0. The van der Waals surface area contributed by atoms with Gasteiger partial charge in [-0.3, -0.25) is 4.79 Å². The zero-order valence-corrected chi connectivity index (χ0v) is 15.6. The van der Waals surface area contributed by atoms with Gasteiger partial charge in [0.05, 0.1) is 18.6 Å². The van der Waals surface area contributed by atoms with Crippen LogP contribution in [0.1, 0.15) is 27.6 Å². The van der Waals surface area contributed by atoms with Gasteiger partial charge in [0.2, 0.25) is 10.0 Å². The fraction of sp³-hybridized carbons (Fsp3) is 0.222. The molecule has 27 heavy (non-hydrogen) atoms. The number of nitrogens with two attached hydrogens (primary N) is 1. The maximum Gasteiger partial charge on any atom is 0.342 e. The maximum atomic E-state index is 12.3. The molecule has 2 rings (SSSR count). The number of benzene rings is 2. The summed E-state index contributed by atoms with van der Waals surface area (Å²) in [4.78, 5) is 24.2. The molecule has 0 aromatic heterocycles. The average Bonchev–Trinajstić information content (AvgIpc) is 2.65. The van der Waals surface area contributed by atoms with E-state index in [0.717, 1.165) is 6.07 Å². The molecule has 0 amide bonds. The number of ketones is 1. The molecule has 144 valence electrons. The summed E-state index contributed by atoms with van der Waals surface area (Å²) < 4.78 is 38.2. The summed E-state index contributed by atoms with van der Waals surface area (Å²) in [5.74, 6) is -0.610. The Morgan fingerprint density at radius 3 is 2.30 bits per heavy atom. The van der Waals surface area contributed by atoms with Crippen LogP contribution >= 0.6 is 0 Å². The van der Waals surface area contributed by atoms with Gasteiger partial charge in [-0.1, -0.05) is 0 Å². The highest BCUT2D eigenvalue weighted by Crippen LogP contribution is 2.23. The molecule has 0 aliphatic rings. The lowest BCUT2D eigenvalue weighted by molar-refractivity contribution is 0.0471. The minimum atomic E-state index is -4.01. The second-order valence-corrected chi connectivity index (χ2v) is 6.93. The molecule has 0 saturated carbocycles. The Kier molecular flexibility index (Phi) is 6.54. The normalized spacial score (nSPS) is 10.9. The van der Waals surface area contributed by atoms with Crippen LogP contribution in [-0.2, 0) is 14.8 Å². The van der Waals surface area contributed by atoms with E-state index in [1.54, 1.807) is 24.3 Å². The van der Waals surface area contributed by atoms with Crippen LogP contribution in [0.5, 0.6) is 11.5 Å². The van der Waals surface area contributed by atoms with E-state index in [2.05, 4.69) is 0 Å². The first-order chi connectivity index (χ1) is 12.8. The number of Topliss-reactive ketones (excluding diaryl/α,β-unsaturated/α-hetero) is 1. The largest absolute Gasteiger partial charge is 0.496 e. The highest BCUT2D eigenvalue weighted by Gasteiger charge is 2.19. The van der Waals surface area contributed by atoms with Gasteiger partial charge in [-0.05, 0) is 49.4 Å². The summed E-state index contributed by atoms with van der Waals surface area (Å²) in [6, 6.07) is 9.92. The van der Waals surface area contributed by atoms with E-state index < -0.39 is 28.4 Å². The Bertz CT molecular complexity index is 937. The van der Waals surface area contributed by atoms with Crippen molar-refractivity contribution in [2.45, 2.75) is 11.8 Å². The highest BCUT2D eigenvalue weighted by atomic mass is 32.2. The van der Waals surface area contributed by atoms with Gasteiger partial charge in [0.15, 0.2) is 12.4 Å². The quantitative estimate of drug-likeness (QED) is 0.536. The zero-order valence-electron chi connectivity index (χ0n) is 14.8. The lowest BCUT2D eigenvalue weighted by Crippen LogP contribution is -2.17. The highest BCUT2D eigenvalue weighted by molar-refractivity contribution is 7.89. The van der Waals surface area contributed by atoms with Gasteiger partial charge in [0.25, 0.3) is 0 Å². The van der Waals surface area contributed by atoms with Crippen molar-refractivity contribution in [1.29, 1.82) is 0 Å². The number of primary sulfonamides is 1. The van der Waals surface area contributed by atoms with Crippen LogP contribution in [0.3, 0.4) is 0 Å². The molecule has 2 aromatic rings. The first kappa shape index (κ1) is 20.4. The third kappa shape index (κ3) is 5.28. The molecule has 0 heterocycles. The lowest BCUT2D eigenvalue weighted by atomic mass is 10.1. The second kappa shape index (κ2) is 8.65. The van der Waals surface area contributed by atoms with E-state index in [-0.39, 0.29) is 16.2 Å². The average molecular weight is 393 g/mol. The van der Waals surface area contributed by atoms with Gasteiger partial charge >= 0.3 is 5.97 Å². The van der Waals surface area contributed by atoms with Gasteiger partial charge in [-0.2, -0.15) is 0 Å². The Balaban J connectivity index is 2.11. The van der Waals surface area contributed by atoms with E-state index in [1.807, 2.05) is 6.92 Å². The van der Waals surface area contributed by atoms with Gasteiger partial charge in [0.1, 0.15) is 17.1 Å². The fourth-order valence-electron chi connectivity index (χ4n) is 2.22. The molecule has 0 aliphatic carbocycles. The van der Waals surface area contributed by atoms with E-state index in [0.29, 0.717) is 17.9 Å². The topological polar surface area (TPSA) is 122 Å². The molecular weight excluding hydrogens is 374 g/mol. The van der Waals surface area contributed by atoms with Crippen LogP contribution in [0.15, 0.2) is 47.4 Å². The first-order valence-electron chi connectivity index (χ1n) is 7.90. The minimum Gasteiger partial charge on any atom is -0.496 e. The molecule has 9 heteroatoms. The molecule has 2 aromatic carbocycles. The number of esters is 1. The van der Waals surface area contributed by atoms with Crippen LogP contribution in [-0.4, -0.2) is 40.5 Å². The molecule has 0 bridgehead atoms. The van der Waals surface area contributed by atoms with Crippen molar-refractivity contribution >= 4 is 21.8 Å². The molecule has 0 aliphatic heterocycles. The van der Waals surface area contributed by atoms with Crippen molar-refractivity contribution in [3.05, 3.63) is 53.6 Å². The molecular formula is C18H19NO7S. The Morgan fingerprint density at radius 2 is 1.74 bits per heavy atom. The smallest absolute Gasteiger partial charge is 0.342 e. The third-order valence-corrected chi connectivity index (χ3v) is 4.45. The molecule has 0 saturated heterocycles. The number of sulfonamides is 1. The van der Waals surface area contributed by atoms with Crippen molar-refractivity contribution in [3.63, 3.8) is 0 Å². The number of hydrogen-bond donors (Lipinski definition) is 1. The van der Waals surface area contributed by atoms with Gasteiger partial charge in [0, 0.05) is 5.56 Å². The first-order valence-corrected chi connectivity index (χ1v) is 9.45. The van der Waals surface area contributed by atoms with E-state index in [1.165, 1.54) is 19.2 Å². The van der Waals surface area contributed by atoms with Crippen molar-refractivity contribution in [2.24, 2.45) is 5.14 Å². The van der Waals surface area contributed by atoms with E-state index >= 15 is 0 Å². The number of ether oxygens (including phenoxy) is 3. The Morgan fingerprint density at radius 1 is 1.07 bits per heavy atom. The monoisotopic (exact) mass is 393 g/mol. The standard InChI is InChI=1S/C18H19NO7S/c1-3-25-13-6-4-12(5-7-13)16(20)11-26-18(21)15-10-14(27(19,22)23)8-9-17(15)24-2/h4-10H,3,11H2,1-2H3,(H2,19,22,23). The van der Waals surface area contributed by atoms with E-state index in [9.17, 15) is 18.0 Å². The molecule has 0 fully saturated rings. The van der Waals surface area contributed by atoms with Crippen molar-refractivity contribution in [3.8, 4) is 11.5 Å². The van der Waals surface area contributed by atoms with Gasteiger partial charge in [-0.25, -0.2) is 18.4 Å². The molecule has 2 N–H and O–H groups in total. The summed E-state index contributed by atoms with van der Waals surface area (Å²) in [5.41, 5.74) is 0.194. The Hall–Kier alpha value is -2.91. The summed E-state index contributed by atoms with van der Waals surface area (Å²) in [6.45, 7) is 1.83. The lowest BCUT2D eigenvalue weighted by Gasteiger charge is -2.10. The minimum absolute atomic E-state index is 0.0981. The van der Waals surface area contributed by atoms with Crippen LogP contribution in [0.25, 0.3) is 0 Å². The number of rotatable bonds is 8. The number of methoxy groups -OCH3 is 1. The fourth-order valence-corrected chi connectivity index (χ4v) is 2.76. The summed E-state index contributed by atoms with van der Waals surface area (Å²) in [5, 5.41) is 5.06. The molecule has 0 atom stereocenters. The Labute approximate surface area is 156 Å². The van der Waals surface area contributed by atoms with Crippen LogP contribution in [0, 0.1) is 0 Å². The molecule has 0 unspecified atom stereocenters. The second-order valence-electron chi connectivity index (χ2n) is 5.36. The van der Waals surface area contributed by atoms with Crippen molar-refractivity contribution in [1.82, 2.24) is 0 Å². The summed E-state index contributed by atoms with van der Waals surface area (Å²) in [6.07, 6.45) is 0. The van der Waals surface area contributed by atoms with Crippen LogP contribution < -0.4 is 14.6 Å². The van der Waals surface area contributed by atoms with Crippen molar-refractivity contribution < 1.29 is 32.2 Å². The molecule has 0 radical (unpaired) electrons. The van der Waals surface area contributed by atoms with Gasteiger partial charge in [-0.15, -0.1) is 0 Å². The number of carbonyl (C=O) groups excluding carboxylic acids is 2. The summed E-state index contributed by atoms with van der Waals surface area (Å²) in [7, 11) is -2.70. The zero-order chi connectivity index (χ0) is 20.0. The molecule has 8 nitrogen and oxygen atoms in total. The molecule has 0 spiro atoms. The van der Waals surface area contributed by atoms with Gasteiger partial charge < -0.3 is 14.2 Å². The number of hydrogen-bond acceptors (Lipinski definition) is 7. The maximum absolute atomic E-state index is 12.3. The predicted octanol–water partition coefficient (Wildman–Crippen LogP) is 1.78. The van der Waals surface area contributed by atoms with Crippen LogP contribution in [0.4, 0.5) is 0 Å². The predicted molar refractivity (Wildman–Crippen MR) is 96.6 cm³/mol.